The smallest absolute Gasteiger partial charge is 0.273 e. The summed E-state index contributed by atoms with van der Waals surface area (Å²) in [4.78, 5) is 38.4. The van der Waals surface area contributed by atoms with Crippen molar-refractivity contribution < 1.29 is 9.59 Å². The highest BCUT2D eigenvalue weighted by molar-refractivity contribution is 7.14. The fourth-order valence-corrected chi connectivity index (χ4v) is 3.51. The highest BCUT2D eigenvalue weighted by Crippen LogP contribution is 2.23. The van der Waals surface area contributed by atoms with Gasteiger partial charge in [0.1, 0.15) is 5.69 Å². The van der Waals surface area contributed by atoms with Gasteiger partial charge < -0.3 is 16.0 Å². The van der Waals surface area contributed by atoms with Gasteiger partial charge in [0.05, 0.1) is 0 Å². The lowest BCUT2D eigenvalue weighted by atomic mass is 9.96. The van der Waals surface area contributed by atoms with Crippen molar-refractivity contribution in [3.8, 4) is 0 Å². The number of aryl methyl sites for hydroxylation is 2. The quantitative estimate of drug-likeness (QED) is 0.856. The maximum Gasteiger partial charge on any atom is 0.273 e. The number of primary amides is 1. The van der Waals surface area contributed by atoms with Gasteiger partial charge in [-0.1, -0.05) is 0 Å². The molecule has 9 heteroatoms. The Morgan fingerprint density at radius 2 is 1.84 bits per heavy atom. The number of amides is 2. The Morgan fingerprint density at radius 1 is 1.20 bits per heavy atom. The average molecular weight is 360 g/mol. The molecule has 0 bridgehead atoms. The summed E-state index contributed by atoms with van der Waals surface area (Å²) in [6, 6.07) is 1.89. The van der Waals surface area contributed by atoms with E-state index >= 15 is 0 Å². The summed E-state index contributed by atoms with van der Waals surface area (Å²) >= 11 is 1.33. The topological polar surface area (TPSA) is 114 Å². The average Bonchev–Trinajstić information content (AvgIpc) is 3.01. The molecule has 3 heterocycles. The molecule has 0 unspecified atom stereocenters. The van der Waals surface area contributed by atoms with Crippen LogP contribution >= 0.6 is 11.3 Å². The first-order valence-electron chi connectivity index (χ1n) is 8.06. The molecular formula is C16H20N6O2S. The van der Waals surface area contributed by atoms with Gasteiger partial charge in [0.15, 0.2) is 5.13 Å². The van der Waals surface area contributed by atoms with Crippen LogP contribution < -0.4 is 11.1 Å². The number of carbonyl (C=O) groups excluding carboxylic acids is 2. The molecule has 8 nitrogen and oxygen atoms in total. The Bertz CT molecular complexity index is 777. The van der Waals surface area contributed by atoms with Crippen molar-refractivity contribution in [2.45, 2.75) is 26.7 Å². The number of thiazole rings is 1. The van der Waals surface area contributed by atoms with E-state index in [-0.39, 0.29) is 17.7 Å². The Labute approximate surface area is 149 Å². The maximum atomic E-state index is 12.5. The molecular weight excluding hydrogens is 340 g/mol. The molecule has 1 fully saturated rings. The minimum Gasteiger partial charge on any atom is -0.369 e. The second kappa shape index (κ2) is 7.14. The summed E-state index contributed by atoms with van der Waals surface area (Å²) in [7, 11) is 0. The van der Waals surface area contributed by atoms with E-state index in [1.54, 1.807) is 10.3 Å². The van der Waals surface area contributed by atoms with Crippen LogP contribution in [0.15, 0.2) is 11.4 Å². The van der Waals surface area contributed by atoms with E-state index in [2.05, 4.69) is 20.3 Å². The number of nitrogens with zero attached hydrogens (tertiary/aromatic N) is 4. The molecule has 0 radical (unpaired) electrons. The summed E-state index contributed by atoms with van der Waals surface area (Å²) < 4.78 is 0. The third-order valence-electron chi connectivity index (χ3n) is 4.11. The zero-order chi connectivity index (χ0) is 18.0. The largest absolute Gasteiger partial charge is 0.369 e. The normalized spacial score (nSPS) is 15.2. The zero-order valence-corrected chi connectivity index (χ0v) is 15.0. The molecule has 3 N–H and O–H groups in total. The lowest BCUT2D eigenvalue weighted by molar-refractivity contribution is -0.123. The summed E-state index contributed by atoms with van der Waals surface area (Å²) in [5.74, 6) is -0.0965. The Hall–Kier alpha value is -2.55. The van der Waals surface area contributed by atoms with Crippen molar-refractivity contribution in [2.24, 2.45) is 11.7 Å². The van der Waals surface area contributed by atoms with Crippen LogP contribution in [0.5, 0.6) is 0 Å². The number of aromatic nitrogens is 3. The van der Waals surface area contributed by atoms with E-state index in [1.807, 2.05) is 19.9 Å². The molecule has 0 atom stereocenters. The fraction of sp³-hybridized carbons (Fsp3) is 0.438. The number of likely N-dealkylation sites (tertiary alicyclic amines) is 1. The monoisotopic (exact) mass is 360 g/mol. The van der Waals surface area contributed by atoms with Gasteiger partial charge in [0.2, 0.25) is 11.9 Å². The van der Waals surface area contributed by atoms with Gasteiger partial charge >= 0.3 is 0 Å². The predicted octanol–water partition coefficient (Wildman–Crippen LogP) is 1.63. The molecule has 2 aromatic heterocycles. The minimum absolute atomic E-state index is 0.131. The van der Waals surface area contributed by atoms with Crippen LogP contribution in [0, 0.1) is 19.8 Å². The van der Waals surface area contributed by atoms with Crippen molar-refractivity contribution in [3.05, 3.63) is 28.5 Å². The number of hydrogen-bond donors (Lipinski definition) is 2. The Kier molecular flexibility index (Phi) is 4.93. The van der Waals surface area contributed by atoms with Crippen LogP contribution in [0.3, 0.4) is 0 Å². The Morgan fingerprint density at radius 3 is 2.44 bits per heavy atom. The highest BCUT2D eigenvalue weighted by atomic mass is 32.1. The second-order valence-corrected chi connectivity index (χ2v) is 6.96. The van der Waals surface area contributed by atoms with Gasteiger partial charge in [-0.3, -0.25) is 9.59 Å². The first-order valence-corrected chi connectivity index (χ1v) is 8.94. The highest BCUT2D eigenvalue weighted by Gasteiger charge is 2.27. The van der Waals surface area contributed by atoms with E-state index in [0.717, 1.165) is 11.4 Å². The minimum atomic E-state index is -0.291. The van der Waals surface area contributed by atoms with Crippen molar-refractivity contribution >= 4 is 34.2 Å². The number of hydrogen-bond acceptors (Lipinski definition) is 7. The zero-order valence-electron chi connectivity index (χ0n) is 14.2. The molecule has 1 aliphatic rings. The van der Waals surface area contributed by atoms with Gasteiger partial charge in [0, 0.05) is 35.8 Å². The molecule has 0 saturated carbocycles. The molecule has 0 spiro atoms. The van der Waals surface area contributed by atoms with Gasteiger partial charge in [-0.15, -0.1) is 11.3 Å². The summed E-state index contributed by atoms with van der Waals surface area (Å²) in [6.07, 6.45) is 1.21. The summed E-state index contributed by atoms with van der Waals surface area (Å²) in [5.41, 5.74) is 7.43. The predicted molar refractivity (Wildman–Crippen MR) is 94.7 cm³/mol. The molecule has 25 heavy (non-hydrogen) atoms. The van der Waals surface area contributed by atoms with Crippen LogP contribution in [0.25, 0.3) is 0 Å². The summed E-state index contributed by atoms with van der Waals surface area (Å²) in [6.45, 7) is 4.83. The van der Waals surface area contributed by atoms with E-state index in [0.29, 0.717) is 42.7 Å². The molecule has 0 aromatic carbocycles. The number of piperidine rings is 1. The molecule has 1 aliphatic heterocycles. The summed E-state index contributed by atoms with van der Waals surface area (Å²) in [5, 5.41) is 5.32. The van der Waals surface area contributed by atoms with Gasteiger partial charge in [0.25, 0.3) is 5.91 Å². The lowest BCUT2D eigenvalue weighted by Gasteiger charge is -2.29. The van der Waals surface area contributed by atoms with Crippen LogP contribution in [0.1, 0.15) is 34.7 Å². The van der Waals surface area contributed by atoms with Crippen LogP contribution in [-0.4, -0.2) is 44.8 Å². The third-order valence-corrected chi connectivity index (χ3v) is 4.87. The van der Waals surface area contributed by atoms with E-state index < -0.39 is 0 Å². The SMILES string of the molecule is Cc1cc(C)nc(Nc2nc(C(=O)N3CCC(C(N)=O)CC3)cs2)n1. The van der Waals surface area contributed by atoms with Crippen molar-refractivity contribution in [2.75, 3.05) is 18.4 Å². The molecule has 1 saturated heterocycles. The fourth-order valence-electron chi connectivity index (χ4n) is 2.84. The second-order valence-electron chi connectivity index (χ2n) is 6.11. The number of anilines is 2. The van der Waals surface area contributed by atoms with Crippen LogP contribution in [0.2, 0.25) is 0 Å². The Balaban J connectivity index is 1.65. The van der Waals surface area contributed by atoms with Gasteiger partial charge in [-0.05, 0) is 32.8 Å². The number of rotatable bonds is 4. The van der Waals surface area contributed by atoms with Gasteiger partial charge in [-0.25, -0.2) is 15.0 Å². The molecule has 3 rings (SSSR count). The van der Waals surface area contributed by atoms with E-state index in [9.17, 15) is 9.59 Å². The lowest BCUT2D eigenvalue weighted by Crippen LogP contribution is -2.41. The maximum absolute atomic E-state index is 12.5. The molecule has 132 valence electrons. The van der Waals surface area contributed by atoms with Crippen molar-refractivity contribution in [3.63, 3.8) is 0 Å². The number of nitrogens with one attached hydrogen (secondary N) is 1. The standard InChI is InChI=1S/C16H20N6O2S/c1-9-7-10(2)19-15(18-9)21-16-20-12(8-25-16)14(24)22-5-3-11(4-6-22)13(17)23/h7-8,11H,3-6H2,1-2H3,(H2,17,23)(H,18,19,20,21). The number of carbonyl (C=O) groups is 2. The van der Waals surface area contributed by atoms with Crippen LogP contribution in [0.4, 0.5) is 11.1 Å². The van der Waals surface area contributed by atoms with Crippen LogP contribution in [-0.2, 0) is 4.79 Å². The number of nitrogens with two attached hydrogens (primary N) is 1. The van der Waals surface area contributed by atoms with E-state index in [4.69, 9.17) is 5.73 Å². The third kappa shape index (κ3) is 4.11. The van der Waals surface area contributed by atoms with Crippen molar-refractivity contribution in [1.29, 1.82) is 0 Å². The van der Waals surface area contributed by atoms with Gasteiger partial charge in [-0.2, -0.15) is 0 Å². The first kappa shape index (κ1) is 17.3. The van der Waals surface area contributed by atoms with Crippen molar-refractivity contribution in [1.82, 2.24) is 19.9 Å². The molecule has 0 aliphatic carbocycles. The molecule has 2 aromatic rings. The van der Waals surface area contributed by atoms with E-state index in [1.165, 1.54) is 11.3 Å². The molecule has 2 amide bonds. The first-order chi connectivity index (χ1) is 11.9.